The highest BCUT2D eigenvalue weighted by molar-refractivity contribution is 7.07. The average Bonchev–Trinajstić information content (AvgIpc) is 3.27. The molecule has 1 amide bonds. The molecular weight excluding hydrogens is 372 g/mol. The van der Waals surface area contributed by atoms with E-state index < -0.39 is 0 Å². The minimum Gasteiger partial charge on any atom is -0.484 e. The van der Waals surface area contributed by atoms with E-state index in [-0.39, 0.29) is 12.0 Å². The Morgan fingerprint density at radius 2 is 2.21 bits per heavy atom. The number of aryl methyl sites for hydroxylation is 2. The topological polar surface area (TPSA) is 59.4 Å². The molecule has 4 rings (SSSR count). The Morgan fingerprint density at radius 3 is 2.96 bits per heavy atom. The van der Waals surface area contributed by atoms with E-state index in [1.807, 2.05) is 25.1 Å². The van der Waals surface area contributed by atoms with Gasteiger partial charge in [-0.05, 0) is 35.9 Å². The lowest BCUT2D eigenvalue weighted by Gasteiger charge is -2.23. The summed E-state index contributed by atoms with van der Waals surface area (Å²) < 4.78 is 7.93. The maximum Gasteiger partial charge on any atom is 0.269 e. The molecule has 146 valence electrons. The summed E-state index contributed by atoms with van der Waals surface area (Å²) in [4.78, 5) is 14.8. The van der Waals surface area contributed by atoms with Crippen LogP contribution in [-0.4, -0.2) is 40.2 Å². The number of thiophene rings is 1. The molecule has 3 heterocycles. The lowest BCUT2D eigenvalue weighted by atomic mass is 10.2. The van der Waals surface area contributed by atoms with Gasteiger partial charge in [0.25, 0.3) is 5.91 Å². The van der Waals surface area contributed by atoms with Crippen molar-refractivity contribution in [2.24, 2.45) is 7.05 Å². The number of rotatable bonds is 5. The van der Waals surface area contributed by atoms with Crippen molar-refractivity contribution < 1.29 is 9.53 Å². The van der Waals surface area contributed by atoms with Crippen molar-refractivity contribution in [3.63, 3.8) is 0 Å². The zero-order chi connectivity index (χ0) is 19.5. The summed E-state index contributed by atoms with van der Waals surface area (Å²) >= 11 is 1.68. The molecule has 0 saturated carbocycles. The molecule has 1 aliphatic rings. The Bertz CT molecular complexity index is 951. The maximum absolute atomic E-state index is 12.4. The minimum atomic E-state index is -0.0936. The van der Waals surface area contributed by atoms with Gasteiger partial charge in [-0.3, -0.25) is 14.4 Å². The van der Waals surface area contributed by atoms with Crippen LogP contribution in [0.5, 0.6) is 5.75 Å². The molecule has 2 aromatic heterocycles. The van der Waals surface area contributed by atoms with Crippen molar-refractivity contribution in [1.82, 2.24) is 20.0 Å². The molecule has 7 heteroatoms. The van der Waals surface area contributed by atoms with Gasteiger partial charge in [-0.1, -0.05) is 18.2 Å². The monoisotopic (exact) mass is 396 g/mol. The van der Waals surface area contributed by atoms with Gasteiger partial charge in [-0.2, -0.15) is 16.4 Å². The van der Waals surface area contributed by atoms with E-state index in [4.69, 9.17) is 4.74 Å². The Morgan fingerprint density at radius 1 is 1.36 bits per heavy atom. The molecule has 1 N–H and O–H groups in total. The van der Waals surface area contributed by atoms with Crippen LogP contribution in [-0.2, 0) is 13.6 Å². The Labute approximate surface area is 168 Å². The first-order valence-corrected chi connectivity index (χ1v) is 10.3. The van der Waals surface area contributed by atoms with Crippen LogP contribution in [0.1, 0.15) is 33.4 Å². The van der Waals surface area contributed by atoms with Crippen LogP contribution in [0.3, 0.4) is 0 Å². The van der Waals surface area contributed by atoms with Crippen molar-refractivity contribution in [1.29, 1.82) is 0 Å². The number of nitrogens with zero attached hydrogens (tertiary/aromatic N) is 3. The number of para-hydroxylation sites is 1. The van der Waals surface area contributed by atoms with Crippen molar-refractivity contribution in [2.75, 3.05) is 19.6 Å². The van der Waals surface area contributed by atoms with Crippen molar-refractivity contribution in [2.45, 2.75) is 19.6 Å². The number of aromatic nitrogens is 2. The number of benzene rings is 1. The second kappa shape index (κ2) is 8.16. The molecule has 0 aliphatic carbocycles. The van der Waals surface area contributed by atoms with E-state index in [1.54, 1.807) is 29.1 Å². The summed E-state index contributed by atoms with van der Waals surface area (Å²) in [5.41, 5.74) is 3.79. The fourth-order valence-electron chi connectivity index (χ4n) is 3.52. The summed E-state index contributed by atoms with van der Waals surface area (Å²) in [7, 11) is 1.79. The van der Waals surface area contributed by atoms with Crippen molar-refractivity contribution in [3.8, 4) is 5.75 Å². The third-order valence-corrected chi connectivity index (χ3v) is 5.62. The number of nitrogens with one attached hydrogen (secondary N) is 1. The normalized spacial score (nSPS) is 16.9. The summed E-state index contributed by atoms with van der Waals surface area (Å²) in [6.45, 7) is 4.79. The average molecular weight is 397 g/mol. The standard InChI is InChI=1S/C21H24N4O2S/c1-15-11-18(24(2)23-15)21(26)22-8-9-25-12-16-5-3-4-6-19(16)27-20(13-25)17-7-10-28-14-17/h3-7,10-11,14,20H,8-9,12-13H2,1-2H3,(H,22,26). The molecule has 0 saturated heterocycles. The molecule has 3 aromatic rings. The van der Waals surface area contributed by atoms with Crippen LogP contribution in [0.4, 0.5) is 0 Å². The highest BCUT2D eigenvalue weighted by Gasteiger charge is 2.24. The molecule has 28 heavy (non-hydrogen) atoms. The van der Waals surface area contributed by atoms with E-state index in [1.165, 1.54) is 11.1 Å². The molecular formula is C21H24N4O2S. The quantitative estimate of drug-likeness (QED) is 0.720. The number of hydrogen-bond donors (Lipinski definition) is 1. The Kier molecular flexibility index (Phi) is 5.45. The molecule has 6 nitrogen and oxygen atoms in total. The second-order valence-electron chi connectivity index (χ2n) is 7.06. The van der Waals surface area contributed by atoms with E-state index in [9.17, 15) is 4.79 Å². The van der Waals surface area contributed by atoms with Crippen molar-refractivity contribution in [3.05, 3.63) is 69.7 Å². The molecule has 1 unspecified atom stereocenters. The lowest BCUT2D eigenvalue weighted by Crippen LogP contribution is -2.37. The van der Waals surface area contributed by atoms with Gasteiger partial charge in [0, 0.05) is 44.4 Å². The number of carbonyl (C=O) groups excluding carboxylic acids is 1. The summed E-state index contributed by atoms with van der Waals surface area (Å²) in [6, 6.07) is 12.1. The van der Waals surface area contributed by atoms with Gasteiger partial charge in [0.15, 0.2) is 0 Å². The van der Waals surface area contributed by atoms with Crippen LogP contribution >= 0.6 is 11.3 Å². The van der Waals surface area contributed by atoms with Crippen LogP contribution < -0.4 is 10.1 Å². The number of amides is 1. The van der Waals surface area contributed by atoms with Crippen molar-refractivity contribution >= 4 is 17.2 Å². The first kappa shape index (κ1) is 18.7. The molecule has 0 radical (unpaired) electrons. The summed E-state index contributed by atoms with van der Waals surface area (Å²) in [6.07, 6.45) is -0.00896. The van der Waals surface area contributed by atoms with E-state index in [0.29, 0.717) is 12.2 Å². The number of ether oxygens (including phenoxy) is 1. The van der Waals surface area contributed by atoms with Crippen LogP contribution in [0.2, 0.25) is 0 Å². The van der Waals surface area contributed by atoms with Crippen LogP contribution in [0, 0.1) is 6.92 Å². The van der Waals surface area contributed by atoms with Gasteiger partial charge in [0.2, 0.25) is 0 Å². The van der Waals surface area contributed by atoms with Crippen LogP contribution in [0.15, 0.2) is 47.2 Å². The molecule has 0 bridgehead atoms. The lowest BCUT2D eigenvalue weighted by molar-refractivity contribution is 0.0933. The molecule has 0 fully saturated rings. The fraction of sp³-hybridized carbons (Fsp3) is 0.333. The van der Waals surface area contributed by atoms with E-state index in [0.717, 1.165) is 31.1 Å². The third kappa shape index (κ3) is 4.10. The summed E-state index contributed by atoms with van der Waals surface area (Å²) in [5.74, 6) is 0.847. The SMILES string of the molecule is Cc1cc(C(=O)NCCN2Cc3ccccc3OC(c3ccsc3)C2)n(C)n1. The number of fused-ring (bicyclic) bond motifs is 1. The number of hydrogen-bond acceptors (Lipinski definition) is 5. The maximum atomic E-state index is 12.4. The largest absolute Gasteiger partial charge is 0.484 e. The van der Waals surface area contributed by atoms with Gasteiger partial charge in [-0.25, -0.2) is 0 Å². The Hall–Kier alpha value is -2.64. The van der Waals surface area contributed by atoms with E-state index >= 15 is 0 Å². The molecule has 1 aromatic carbocycles. The highest BCUT2D eigenvalue weighted by atomic mass is 32.1. The minimum absolute atomic E-state index is 0.00896. The predicted molar refractivity (Wildman–Crippen MR) is 110 cm³/mol. The highest BCUT2D eigenvalue weighted by Crippen LogP contribution is 2.31. The summed E-state index contributed by atoms with van der Waals surface area (Å²) in [5, 5.41) is 11.5. The van der Waals surface area contributed by atoms with E-state index in [2.05, 4.69) is 38.2 Å². The zero-order valence-corrected chi connectivity index (χ0v) is 16.9. The van der Waals surface area contributed by atoms with Gasteiger partial charge in [0.05, 0.1) is 5.69 Å². The fourth-order valence-corrected chi connectivity index (χ4v) is 4.22. The smallest absolute Gasteiger partial charge is 0.269 e. The first-order valence-electron chi connectivity index (χ1n) is 9.38. The molecule has 1 aliphatic heterocycles. The molecule has 1 atom stereocenters. The van der Waals surface area contributed by atoms with Crippen LogP contribution in [0.25, 0.3) is 0 Å². The number of carbonyl (C=O) groups is 1. The zero-order valence-electron chi connectivity index (χ0n) is 16.1. The Balaban J connectivity index is 1.43. The third-order valence-electron chi connectivity index (χ3n) is 4.92. The second-order valence-corrected chi connectivity index (χ2v) is 7.84. The predicted octanol–water partition coefficient (Wildman–Crippen LogP) is 3.16. The van der Waals surface area contributed by atoms with Gasteiger partial charge in [-0.15, -0.1) is 0 Å². The molecule has 0 spiro atoms. The first-order chi connectivity index (χ1) is 13.6. The van der Waals surface area contributed by atoms with Gasteiger partial charge >= 0.3 is 0 Å². The van der Waals surface area contributed by atoms with Gasteiger partial charge in [0.1, 0.15) is 17.5 Å². The van der Waals surface area contributed by atoms with Gasteiger partial charge < -0.3 is 10.1 Å².